The second-order valence-electron chi connectivity index (χ2n) is 6.74. The Hall–Kier alpha value is -2.33. The number of rotatable bonds is 4. The number of fused-ring (bicyclic) bond motifs is 1. The van der Waals surface area contributed by atoms with E-state index < -0.39 is 0 Å². The number of ether oxygens (including phenoxy) is 1. The lowest BCUT2D eigenvalue weighted by Gasteiger charge is -2.30. The quantitative estimate of drug-likeness (QED) is 0.933. The van der Waals surface area contributed by atoms with Gasteiger partial charge in [0.1, 0.15) is 0 Å². The molecule has 130 valence electrons. The van der Waals surface area contributed by atoms with Crippen molar-refractivity contribution < 1.29 is 9.53 Å². The molecule has 4 heteroatoms. The number of hydrogen-bond donors (Lipinski definition) is 1. The smallest absolute Gasteiger partial charge is 0.227 e. The number of nitrogens with one attached hydrogen (secondary N) is 1. The van der Waals surface area contributed by atoms with E-state index in [1.807, 2.05) is 12.1 Å². The van der Waals surface area contributed by atoms with Gasteiger partial charge in [-0.3, -0.25) is 4.79 Å². The van der Waals surface area contributed by atoms with Crippen LogP contribution >= 0.6 is 0 Å². The van der Waals surface area contributed by atoms with E-state index in [9.17, 15) is 4.79 Å². The maximum atomic E-state index is 12.7. The van der Waals surface area contributed by atoms with Crippen LogP contribution in [0.1, 0.15) is 29.0 Å². The van der Waals surface area contributed by atoms with Gasteiger partial charge in [-0.05, 0) is 35.6 Å². The van der Waals surface area contributed by atoms with Gasteiger partial charge in [-0.1, -0.05) is 42.5 Å². The summed E-state index contributed by atoms with van der Waals surface area (Å²) >= 11 is 0. The molecule has 2 aromatic rings. The number of hydrogen-bond acceptors (Lipinski definition) is 3. The van der Waals surface area contributed by atoms with E-state index in [2.05, 4.69) is 46.6 Å². The van der Waals surface area contributed by atoms with Crippen LogP contribution in [0.3, 0.4) is 0 Å². The number of carbonyl (C=O) groups excluding carboxylic acids is 1. The Balaban J connectivity index is 1.44. The Kier molecular flexibility index (Phi) is 4.70. The van der Waals surface area contributed by atoms with Crippen LogP contribution in [0.5, 0.6) is 0 Å². The molecule has 4 nitrogen and oxygen atoms in total. The second-order valence-corrected chi connectivity index (χ2v) is 6.74. The zero-order chi connectivity index (χ0) is 17.1. The summed E-state index contributed by atoms with van der Waals surface area (Å²) in [6.07, 6.45) is 1.91. The highest BCUT2D eigenvalue weighted by molar-refractivity contribution is 5.85. The van der Waals surface area contributed by atoms with E-state index in [1.165, 1.54) is 22.4 Å². The van der Waals surface area contributed by atoms with Crippen LogP contribution in [-0.2, 0) is 22.5 Å². The van der Waals surface area contributed by atoms with Gasteiger partial charge in [0, 0.05) is 25.3 Å². The molecule has 2 aliphatic rings. The molecule has 1 N–H and O–H groups in total. The first-order chi connectivity index (χ1) is 12.3. The highest BCUT2D eigenvalue weighted by Gasteiger charge is 2.28. The lowest BCUT2D eigenvalue weighted by Crippen LogP contribution is -2.37. The number of amides is 1. The van der Waals surface area contributed by atoms with Gasteiger partial charge in [0.25, 0.3) is 0 Å². The maximum Gasteiger partial charge on any atom is 0.227 e. The van der Waals surface area contributed by atoms with E-state index in [0.717, 1.165) is 39.1 Å². The minimum absolute atomic E-state index is 0.00764. The highest BCUT2D eigenvalue weighted by atomic mass is 16.5. The topological polar surface area (TPSA) is 41.6 Å². The molecule has 0 saturated carbocycles. The molecule has 1 atom stereocenters. The molecule has 1 amide bonds. The molecule has 1 aliphatic heterocycles. The minimum atomic E-state index is -0.00764. The predicted octanol–water partition coefficient (Wildman–Crippen LogP) is 2.87. The Morgan fingerprint density at radius 2 is 1.84 bits per heavy atom. The third-order valence-electron chi connectivity index (χ3n) is 5.25. The van der Waals surface area contributed by atoms with E-state index in [1.54, 1.807) is 0 Å². The molecule has 4 rings (SSSR count). The van der Waals surface area contributed by atoms with Gasteiger partial charge >= 0.3 is 0 Å². The summed E-state index contributed by atoms with van der Waals surface area (Å²) in [5.41, 5.74) is 4.89. The molecular formula is C21H24N2O2. The van der Waals surface area contributed by atoms with Gasteiger partial charge in [0.05, 0.1) is 19.1 Å². The Bertz CT molecular complexity index is 753. The number of morpholine rings is 1. The van der Waals surface area contributed by atoms with Crippen molar-refractivity contribution in [2.45, 2.75) is 25.3 Å². The van der Waals surface area contributed by atoms with Crippen molar-refractivity contribution >= 4 is 11.6 Å². The SMILES string of the molecule is O=C(NCc1ccccc1N1CCOCC1)[C@H]1CCc2ccccc21. The van der Waals surface area contributed by atoms with Crippen LogP contribution < -0.4 is 10.2 Å². The van der Waals surface area contributed by atoms with Gasteiger partial charge in [-0.25, -0.2) is 0 Å². The van der Waals surface area contributed by atoms with Gasteiger partial charge < -0.3 is 15.0 Å². The van der Waals surface area contributed by atoms with Gasteiger partial charge in [-0.2, -0.15) is 0 Å². The zero-order valence-corrected chi connectivity index (χ0v) is 14.4. The van der Waals surface area contributed by atoms with Crippen molar-refractivity contribution in [2.75, 3.05) is 31.2 Å². The molecule has 0 unspecified atom stereocenters. The molecule has 1 aliphatic carbocycles. The third-order valence-corrected chi connectivity index (χ3v) is 5.25. The van der Waals surface area contributed by atoms with Crippen LogP contribution in [0.15, 0.2) is 48.5 Å². The molecule has 0 radical (unpaired) electrons. The number of aryl methyl sites for hydroxylation is 1. The summed E-state index contributed by atoms with van der Waals surface area (Å²) in [5.74, 6) is 0.133. The van der Waals surface area contributed by atoms with Gasteiger partial charge in [-0.15, -0.1) is 0 Å². The van der Waals surface area contributed by atoms with Crippen molar-refractivity contribution in [3.63, 3.8) is 0 Å². The minimum Gasteiger partial charge on any atom is -0.378 e. The van der Waals surface area contributed by atoms with Crippen LogP contribution in [0, 0.1) is 0 Å². The fraction of sp³-hybridized carbons (Fsp3) is 0.381. The highest BCUT2D eigenvalue weighted by Crippen LogP contribution is 2.33. The predicted molar refractivity (Wildman–Crippen MR) is 98.8 cm³/mol. The molecule has 1 heterocycles. The first-order valence-corrected chi connectivity index (χ1v) is 9.09. The van der Waals surface area contributed by atoms with Gasteiger partial charge in [0.15, 0.2) is 0 Å². The summed E-state index contributed by atoms with van der Waals surface area (Å²) in [7, 11) is 0. The second kappa shape index (κ2) is 7.28. The van der Waals surface area contributed by atoms with Gasteiger partial charge in [0.2, 0.25) is 5.91 Å². The summed E-state index contributed by atoms with van der Waals surface area (Å²) in [4.78, 5) is 15.1. The Labute approximate surface area is 148 Å². The van der Waals surface area contributed by atoms with Crippen LogP contribution in [0.4, 0.5) is 5.69 Å². The Morgan fingerprint density at radius 3 is 2.72 bits per heavy atom. The molecule has 1 fully saturated rings. The van der Waals surface area contributed by atoms with E-state index in [-0.39, 0.29) is 11.8 Å². The fourth-order valence-corrected chi connectivity index (χ4v) is 3.91. The lowest BCUT2D eigenvalue weighted by atomic mass is 10.0. The lowest BCUT2D eigenvalue weighted by molar-refractivity contribution is -0.122. The first-order valence-electron chi connectivity index (χ1n) is 9.09. The summed E-state index contributed by atoms with van der Waals surface area (Å²) in [6, 6.07) is 16.6. The summed E-state index contributed by atoms with van der Waals surface area (Å²) in [6.45, 7) is 3.91. The van der Waals surface area contributed by atoms with Crippen molar-refractivity contribution in [2.24, 2.45) is 0 Å². The van der Waals surface area contributed by atoms with E-state index >= 15 is 0 Å². The molecular weight excluding hydrogens is 312 g/mol. The Morgan fingerprint density at radius 1 is 1.08 bits per heavy atom. The summed E-state index contributed by atoms with van der Waals surface area (Å²) < 4.78 is 5.45. The number of anilines is 1. The fourth-order valence-electron chi connectivity index (χ4n) is 3.91. The average Bonchev–Trinajstić information content (AvgIpc) is 3.11. The molecule has 1 saturated heterocycles. The standard InChI is InChI=1S/C21H24N2O2/c24-21(19-10-9-16-5-1-3-7-18(16)19)22-15-17-6-2-4-8-20(17)23-11-13-25-14-12-23/h1-8,19H,9-15H2,(H,22,24)/t19-/m0/s1. The molecule has 0 spiro atoms. The molecule has 0 bridgehead atoms. The largest absolute Gasteiger partial charge is 0.378 e. The normalized spacial score (nSPS) is 19.5. The van der Waals surface area contributed by atoms with Crippen molar-refractivity contribution in [1.82, 2.24) is 5.32 Å². The number of benzene rings is 2. The van der Waals surface area contributed by atoms with Crippen LogP contribution in [0.25, 0.3) is 0 Å². The summed E-state index contributed by atoms with van der Waals surface area (Å²) in [5, 5.41) is 3.16. The third kappa shape index (κ3) is 3.40. The average molecular weight is 336 g/mol. The van der Waals surface area contributed by atoms with Crippen molar-refractivity contribution in [3.05, 3.63) is 65.2 Å². The maximum absolute atomic E-state index is 12.7. The molecule has 25 heavy (non-hydrogen) atoms. The van der Waals surface area contributed by atoms with E-state index in [4.69, 9.17) is 4.74 Å². The van der Waals surface area contributed by atoms with E-state index in [0.29, 0.717) is 6.54 Å². The monoisotopic (exact) mass is 336 g/mol. The number of para-hydroxylation sites is 1. The zero-order valence-electron chi connectivity index (χ0n) is 14.4. The molecule has 2 aromatic carbocycles. The molecule has 0 aromatic heterocycles. The van der Waals surface area contributed by atoms with Crippen molar-refractivity contribution in [3.8, 4) is 0 Å². The van der Waals surface area contributed by atoms with Crippen molar-refractivity contribution in [1.29, 1.82) is 0 Å². The number of carbonyl (C=O) groups is 1. The first kappa shape index (κ1) is 16.2. The van der Waals surface area contributed by atoms with Crippen LogP contribution in [-0.4, -0.2) is 32.2 Å². The van der Waals surface area contributed by atoms with Crippen LogP contribution in [0.2, 0.25) is 0 Å². The number of nitrogens with zero attached hydrogens (tertiary/aromatic N) is 1.